The minimum absolute atomic E-state index is 0.171. The second kappa shape index (κ2) is 13.6. The molecule has 244 valence electrons. The van der Waals surface area contributed by atoms with Crippen molar-refractivity contribution in [3.8, 4) is 0 Å². The zero-order valence-corrected chi connectivity index (χ0v) is 25.9. The van der Waals surface area contributed by atoms with E-state index in [2.05, 4.69) is 10.4 Å². The Hall–Kier alpha value is -5.89. The van der Waals surface area contributed by atoms with Crippen LogP contribution in [0, 0.1) is 0 Å². The number of aliphatic carboxylic acids is 2. The number of carboxylic acid groups (broad SMARTS) is 2. The second-order valence-corrected chi connectivity index (χ2v) is 10.9. The first-order chi connectivity index (χ1) is 22.3. The molecular weight excluding hydrogens is 608 g/mol. The number of carbonyl (C=O) groups is 6. The first-order valence-corrected chi connectivity index (χ1v) is 14.4. The van der Waals surface area contributed by atoms with Crippen LogP contribution in [0.15, 0.2) is 90.0 Å². The minimum Gasteiger partial charge on any atom is -0.481 e. The third-order valence-electron chi connectivity index (χ3n) is 8.16. The van der Waals surface area contributed by atoms with Crippen LogP contribution in [0.4, 0.5) is 10.5 Å². The Morgan fingerprint density at radius 1 is 0.979 bits per heavy atom. The summed E-state index contributed by atoms with van der Waals surface area (Å²) in [5.74, 6) is -1.66. The molecule has 0 radical (unpaired) electrons. The van der Waals surface area contributed by atoms with E-state index in [0.29, 0.717) is 20.9 Å². The second-order valence-electron chi connectivity index (χ2n) is 10.9. The summed E-state index contributed by atoms with van der Waals surface area (Å²) in [5, 5.41) is 26.5. The minimum atomic E-state index is -3.28. The summed E-state index contributed by atoms with van der Waals surface area (Å²) in [6, 6.07) is 19.3. The Morgan fingerprint density at radius 3 is 2.04 bits per heavy atom. The molecule has 3 atom stereocenters. The zero-order valence-electron chi connectivity index (χ0n) is 25.9. The number of hydrogen-bond acceptors (Lipinski definition) is 9. The molecule has 0 bridgehead atoms. The normalized spacial score (nSPS) is 18.2. The molecule has 0 saturated carbocycles. The van der Waals surface area contributed by atoms with Crippen molar-refractivity contribution < 1.29 is 39.0 Å². The molecule has 1 aliphatic heterocycles. The van der Waals surface area contributed by atoms with E-state index < -0.39 is 59.2 Å². The lowest BCUT2D eigenvalue weighted by Crippen LogP contribution is -2.74. The molecule has 0 aliphatic carbocycles. The number of carbonyl (C=O) groups excluding carboxylic acids is 4. The van der Waals surface area contributed by atoms with Crippen molar-refractivity contribution in [2.45, 2.75) is 44.1 Å². The summed E-state index contributed by atoms with van der Waals surface area (Å²) in [5.41, 5.74) is -3.91. The Kier molecular flexibility index (Phi) is 9.85. The van der Waals surface area contributed by atoms with Gasteiger partial charge in [0.25, 0.3) is 11.6 Å². The number of anilines is 1. The van der Waals surface area contributed by atoms with Crippen LogP contribution < -0.4 is 16.1 Å². The maximum atomic E-state index is 14.8. The summed E-state index contributed by atoms with van der Waals surface area (Å²) in [6.07, 6.45) is 0.566. The molecule has 3 aromatic rings. The summed E-state index contributed by atoms with van der Waals surface area (Å²) >= 11 is 0. The van der Waals surface area contributed by atoms with Crippen molar-refractivity contribution >= 4 is 47.5 Å². The molecule has 4 amide bonds. The van der Waals surface area contributed by atoms with E-state index in [9.17, 15) is 39.0 Å². The van der Waals surface area contributed by atoms with Gasteiger partial charge in [0.2, 0.25) is 5.91 Å². The van der Waals surface area contributed by atoms with Crippen molar-refractivity contribution in [1.29, 1.82) is 0 Å². The molecule has 1 aliphatic rings. The number of benzene rings is 3. The van der Waals surface area contributed by atoms with Crippen molar-refractivity contribution in [3.05, 3.63) is 102 Å². The lowest BCUT2D eigenvalue weighted by atomic mass is 9.88. The number of para-hydroxylation sites is 1. The Morgan fingerprint density at radius 2 is 1.55 bits per heavy atom. The van der Waals surface area contributed by atoms with Gasteiger partial charge in [0.15, 0.2) is 5.78 Å². The smallest absolute Gasteiger partial charge is 0.360 e. The number of imide groups is 1. The zero-order chi connectivity index (χ0) is 34.5. The summed E-state index contributed by atoms with van der Waals surface area (Å²) in [4.78, 5) is 84.8. The number of ketones is 1. The predicted molar refractivity (Wildman–Crippen MR) is 170 cm³/mol. The molecule has 3 aromatic carbocycles. The highest BCUT2D eigenvalue weighted by molar-refractivity contribution is 6.24. The number of Topliss-reactive ketones (excluding diaryl/α,β-unsaturated/α-hetero) is 1. The highest BCUT2D eigenvalue weighted by atomic mass is 16.4. The number of hydrazone groups is 1. The average molecular weight is 643 g/mol. The largest absolute Gasteiger partial charge is 0.481 e. The molecule has 1 saturated heterocycles. The molecule has 5 N–H and O–H groups in total. The molecular formula is C33H34N6O8. The lowest BCUT2D eigenvalue weighted by molar-refractivity contribution is -0.162. The van der Waals surface area contributed by atoms with Crippen molar-refractivity contribution in [3.63, 3.8) is 0 Å². The fourth-order valence-corrected chi connectivity index (χ4v) is 5.72. The van der Waals surface area contributed by atoms with Crippen LogP contribution in [0.2, 0.25) is 0 Å². The summed E-state index contributed by atoms with van der Waals surface area (Å²) < 4.78 is 0. The van der Waals surface area contributed by atoms with Crippen LogP contribution in [0.3, 0.4) is 0 Å². The van der Waals surface area contributed by atoms with Gasteiger partial charge in [-0.05, 0) is 49.7 Å². The average Bonchev–Trinajstić information content (AvgIpc) is 3.24. The molecule has 0 spiro atoms. The number of urea groups is 1. The third-order valence-corrected chi connectivity index (χ3v) is 8.16. The van der Waals surface area contributed by atoms with E-state index in [4.69, 9.17) is 5.84 Å². The molecule has 1 fully saturated rings. The van der Waals surface area contributed by atoms with Crippen LogP contribution in [0.5, 0.6) is 0 Å². The topological polar surface area (TPSA) is 203 Å². The van der Waals surface area contributed by atoms with Crippen LogP contribution in [0.25, 0.3) is 0 Å². The number of rotatable bonds is 13. The number of nitrogens with zero attached hydrogens (tertiary/aromatic N) is 4. The number of hydrogen-bond donors (Lipinski definition) is 4. The van der Waals surface area contributed by atoms with Gasteiger partial charge >= 0.3 is 18.0 Å². The number of amides is 4. The van der Waals surface area contributed by atoms with E-state index >= 15 is 0 Å². The molecule has 0 aromatic heterocycles. The van der Waals surface area contributed by atoms with Gasteiger partial charge in [-0.1, -0.05) is 72.8 Å². The van der Waals surface area contributed by atoms with Crippen molar-refractivity contribution in [2.24, 2.45) is 10.9 Å². The van der Waals surface area contributed by atoms with E-state index in [0.717, 1.165) is 11.8 Å². The number of carboxylic acids is 2. The molecule has 1 unspecified atom stereocenters. The van der Waals surface area contributed by atoms with Gasteiger partial charge in [0.1, 0.15) is 5.54 Å². The summed E-state index contributed by atoms with van der Waals surface area (Å²) in [6.45, 7) is 2.08. The van der Waals surface area contributed by atoms with Crippen LogP contribution in [0.1, 0.15) is 37.0 Å². The maximum Gasteiger partial charge on any atom is 0.360 e. The van der Waals surface area contributed by atoms with E-state index in [1.165, 1.54) is 44.5 Å². The molecule has 4 rings (SSSR count). The van der Waals surface area contributed by atoms with E-state index in [1.54, 1.807) is 60.7 Å². The quantitative estimate of drug-likeness (QED) is 0.0703. The first kappa shape index (κ1) is 34.0. The lowest BCUT2D eigenvalue weighted by Gasteiger charge is -2.44. The molecule has 1 heterocycles. The Balaban J connectivity index is 2.03. The predicted octanol–water partition coefficient (Wildman–Crippen LogP) is 2.12. The van der Waals surface area contributed by atoms with Gasteiger partial charge in [0, 0.05) is 12.2 Å². The first-order valence-electron chi connectivity index (χ1n) is 14.4. The van der Waals surface area contributed by atoms with Gasteiger partial charge in [-0.25, -0.2) is 14.5 Å². The SMILES string of the molecule is CNC(CC(=O)O)C(=O)N(c1ccccc1)[C@](C(C)=O)(C(=O)O)N1C(=O)N(Cc2ccccc2)[C@](C)(c2ccc(C=NN)cc2)C1=O. The fourth-order valence-electron chi connectivity index (χ4n) is 5.72. The van der Waals surface area contributed by atoms with Gasteiger partial charge < -0.3 is 26.3 Å². The molecule has 14 nitrogen and oxygen atoms in total. The van der Waals surface area contributed by atoms with Gasteiger partial charge in [-0.2, -0.15) is 5.10 Å². The maximum absolute atomic E-state index is 14.8. The molecule has 47 heavy (non-hydrogen) atoms. The fraction of sp³-hybridized carbons (Fsp3) is 0.242. The highest BCUT2D eigenvalue weighted by Crippen LogP contribution is 2.44. The molecule has 14 heteroatoms. The van der Waals surface area contributed by atoms with Gasteiger partial charge in [-0.3, -0.25) is 24.1 Å². The van der Waals surface area contributed by atoms with E-state index in [-0.39, 0.29) is 17.8 Å². The van der Waals surface area contributed by atoms with Gasteiger partial charge in [-0.15, -0.1) is 0 Å². The Bertz CT molecular complexity index is 1700. The standard InChI is InChI=1S/C33H34N6O8/c1-21(40)33(30(45)46,38(25-12-8-5-9-13-25)28(43)26(35-3)18-27(41)42)39-29(44)32(2,24-16-14-22(15-17-24)19-36-34)37(31(39)47)20-23-10-6-4-7-11-23/h4-17,19,26,35H,18,20,34H2,1-3H3,(H,41,42)(H,45,46)/t26?,32-,33+/m1/s1. The Labute approximate surface area is 270 Å². The number of nitrogens with two attached hydrogens (primary N) is 1. The highest BCUT2D eigenvalue weighted by Gasteiger charge is 2.69. The number of likely N-dealkylation sites (N-methyl/N-ethyl adjacent to an activating group) is 1. The van der Waals surface area contributed by atoms with Crippen LogP contribution >= 0.6 is 0 Å². The van der Waals surface area contributed by atoms with E-state index in [1.807, 2.05) is 0 Å². The summed E-state index contributed by atoms with van der Waals surface area (Å²) in [7, 11) is 1.29. The van der Waals surface area contributed by atoms with Gasteiger partial charge in [0.05, 0.1) is 18.7 Å². The van der Waals surface area contributed by atoms with Crippen molar-refractivity contribution in [1.82, 2.24) is 15.1 Å². The third kappa shape index (κ3) is 5.93. The van der Waals surface area contributed by atoms with Crippen molar-refractivity contribution in [2.75, 3.05) is 11.9 Å². The van der Waals surface area contributed by atoms with Crippen LogP contribution in [-0.4, -0.2) is 80.5 Å². The van der Waals surface area contributed by atoms with Crippen LogP contribution in [-0.2, 0) is 36.1 Å². The monoisotopic (exact) mass is 642 g/mol. The number of nitrogens with one attached hydrogen (secondary N) is 1.